The molecule has 2 N–H and O–H groups in total. The first-order valence-corrected chi connectivity index (χ1v) is 6.08. The zero-order valence-electron chi connectivity index (χ0n) is 8.90. The van der Waals surface area contributed by atoms with Crippen molar-refractivity contribution in [3.8, 4) is 11.5 Å². The molecule has 2 heterocycles. The number of nitrogens with two attached hydrogens (primary N) is 1. The van der Waals surface area contributed by atoms with Gasteiger partial charge in [0.15, 0.2) is 16.6 Å². The number of aromatic nitrogens is 1. The van der Waals surface area contributed by atoms with Gasteiger partial charge in [-0.1, -0.05) is 18.3 Å². The molecule has 5 heteroatoms. The standard InChI is InChI=1S/C11H12N2O2S/c1-2-6-5-14-9-8(15-6)4-3-7-10(9)16-11(12)13-7/h3-4,6H,2,5H2,1H3,(H2,12,13)/t6-/m0/s1. The first-order valence-electron chi connectivity index (χ1n) is 5.26. The Morgan fingerprint density at radius 1 is 1.56 bits per heavy atom. The second kappa shape index (κ2) is 3.52. The van der Waals surface area contributed by atoms with E-state index >= 15 is 0 Å². The van der Waals surface area contributed by atoms with Gasteiger partial charge in [0.1, 0.15) is 17.4 Å². The van der Waals surface area contributed by atoms with Gasteiger partial charge in [-0.2, -0.15) is 0 Å². The van der Waals surface area contributed by atoms with Gasteiger partial charge in [-0.15, -0.1) is 0 Å². The molecule has 1 aromatic carbocycles. The summed E-state index contributed by atoms with van der Waals surface area (Å²) in [5.74, 6) is 1.59. The molecule has 0 aliphatic carbocycles. The first-order chi connectivity index (χ1) is 7.78. The quantitative estimate of drug-likeness (QED) is 0.826. The van der Waals surface area contributed by atoms with E-state index in [0.717, 1.165) is 28.1 Å². The molecule has 0 fully saturated rings. The Kier molecular flexibility index (Phi) is 2.14. The Bertz CT molecular complexity index is 538. The zero-order valence-corrected chi connectivity index (χ0v) is 9.71. The van der Waals surface area contributed by atoms with Crippen LogP contribution in [0.15, 0.2) is 12.1 Å². The van der Waals surface area contributed by atoms with Crippen LogP contribution in [0.5, 0.6) is 11.5 Å². The molecule has 1 aliphatic heterocycles. The number of thiazole rings is 1. The minimum atomic E-state index is 0.148. The van der Waals surface area contributed by atoms with Gasteiger partial charge in [-0.3, -0.25) is 0 Å². The van der Waals surface area contributed by atoms with Crippen molar-refractivity contribution in [3.63, 3.8) is 0 Å². The van der Waals surface area contributed by atoms with E-state index in [-0.39, 0.29) is 6.10 Å². The predicted molar refractivity (Wildman–Crippen MR) is 64.2 cm³/mol. The van der Waals surface area contributed by atoms with E-state index in [0.29, 0.717) is 11.7 Å². The summed E-state index contributed by atoms with van der Waals surface area (Å²) in [6.07, 6.45) is 1.10. The summed E-state index contributed by atoms with van der Waals surface area (Å²) in [6.45, 7) is 2.68. The number of benzene rings is 1. The van der Waals surface area contributed by atoms with Crippen molar-refractivity contribution in [1.29, 1.82) is 0 Å². The highest BCUT2D eigenvalue weighted by atomic mass is 32.1. The van der Waals surface area contributed by atoms with Gasteiger partial charge in [0.05, 0.1) is 5.52 Å². The summed E-state index contributed by atoms with van der Waals surface area (Å²) in [5, 5.41) is 0.560. The summed E-state index contributed by atoms with van der Waals surface area (Å²) in [7, 11) is 0. The van der Waals surface area contributed by atoms with Crippen molar-refractivity contribution in [2.75, 3.05) is 12.3 Å². The summed E-state index contributed by atoms with van der Waals surface area (Å²) in [5.41, 5.74) is 6.56. The van der Waals surface area contributed by atoms with Crippen LogP contribution < -0.4 is 15.2 Å². The summed E-state index contributed by atoms with van der Waals surface area (Å²) in [4.78, 5) is 4.22. The van der Waals surface area contributed by atoms with Gasteiger partial charge >= 0.3 is 0 Å². The molecule has 0 spiro atoms. The molecule has 0 radical (unpaired) electrons. The maximum Gasteiger partial charge on any atom is 0.181 e. The highest BCUT2D eigenvalue weighted by Crippen LogP contribution is 2.42. The molecular weight excluding hydrogens is 224 g/mol. The number of hydrogen-bond acceptors (Lipinski definition) is 5. The fourth-order valence-electron chi connectivity index (χ4n) is 1.79. The lowest BCUT2D eigenvalue weighted by molar-refractivity contribution is 0.0902. The van der Waals surface area contributed by atoms with Gasteiger partial charge in [-0.05, 0) is 18.6 Å². The molecule has 0 bridgehead atoms. The van der Waals surface area contributed by atoms with E-state index in [4.69, 9.17) is 15.2 Å². The van der Waals surface area contributed by atoms with E-state index in [1.165, 1.54) is 11.3 Å². The lowest BCUT2D eigenvalue weighted by Crippen LogP contribution is -2.28. The summed E-state index contributed by atoms with van der Waals surface area (Å²) >= 11 is 1.44. The van der Waals surface area contributed by atoms with Crippen molar-refractivity contribution in [1.82, 2.24) is 4.98 Å². The highest BCUT2D eigenvalue weighted by molar-refractivity contribution is 7.22. The zero-order chi connectivity index (χ0) is 11.1. The SMILES string of the molecule is CC[C@H]1COc2c(ccc3nc(N)sc23)O1. The molecule has 2 aromatic rings. The fourth-order valence-corrected chi connectivity index (χ4v) is 2.61. The number of ether oxygens (including phenoxy) is 2. The minimum Gasteiger partial charge on any atom is -0.484 e. The van der Waals surface area contributed by atoms with Gasteiger partial charge in [0.2, 0.25) is 0 Å². The van der Waals surface area contributed by atoms with Crippen LogP contribution in [-0.2, 0) is 0 Å². The number of nitrogens with zero attached hydrogens (tertiary/aromatic N) is 1. The van der Waals surface area contributed by atoms with Crippen molar-refractivity contribution in [3.05, 3.63) is 12.1 Å². The van der Waals surface area contributed by atoms with E-state index in [1.807, 2.05) is 12.1 Å². The molecule has 1 atom stereocenters. The van der Waals surface area contributed by atoms with Gasteiger partial charge in [0, 0.05) is 0 Å². The molecule has 16 heavy (non-hydrogen) atoms. The van der Waals surface area contributed by atoms with Gasteiger partial charge in [0.25, 0.3) is 0 Å². The van der Waals surface area contributed by atoms with Crippen molar-refractivity contribution < 1.29 is 9.47 Å². The highest BCUT2D eigenvalue weighted by Gasteiger charge is 2.22. The largest absolute Gasteiger partial charge is 0.484 e. The Hall–Kier alpha value is -1.49. The predicted octanol–water partition coefficient (Wildman–Crippen LogP) is 2.43. The van der Waals surface area contributed by atoms with E-state index in [9.17, 15) is 0 Å². The molecule has 0 amide bonds. The maximum atomic E-state index is 5.81. The van der Waals surface area contributed by atoms with Crippen LogP contribution in [0.2, 0.25) is 0 Å². The molecule has 0 saturated heterocycles. The summed E-state index contributed by atoms with van der Waals surface area (Å²) < 4.78 is 12.5. The molecule has 84 valence electrons. The number of fused-ring (bicyclic) bond motifs is 3. The minimum absolute atomic E-state index is 0.148. The third kappa shape index (κ3) is 1.39. The molecule has 1 aliphatic rings. The molecule has 1 aromatic heterocycles. The molecular formula is C11H12N2O2S. The van der Waals surface area contributed by atoms with E-state index in [2.05, 4.69) is 11.9 Å². The van der Waals surface area contributed by atoms with Crippen LogP contribution in [0.25, 0.3) is 10.2 Å². The van der Waals surface area contributed by atoms with Gasteiger partial charge < -0.3 is 15.2 Å². The molecule has 3 rings (SSSR count). The third-order valence-corrected chi connectivity index (χ3v) is 3.55. The third-order valence-electron chi connectivity index (χ3n) is 2.66. The van der Waals surface area contributed by atoms with Crippen molar-refractivity contribution >= 4 is 26.7 Å². The second-order valence-corrected chi connectivity index (χ2v) is 4.78. The second-order valence-electron chi connectivity index (χ2n) is 3.75. The van der Waals surface area contributed by atoms with Crippen LogP contribution >= 0.6 is 11.3 Å². The number of hydrogen-bond donors (Lipinski definition) is 1. The number of rotatable bonds is 1. The van der Waals surface area contributed by atoms with Crippen LogP contribution in [0.1, 0.15) is 13.3 Å². The van der Waals surface area contributed by atoms with Gasteiger partial charge in [-0.25, -0.2) is 4.98 Å². The molecule has 0 saturated carbocycles. The number of nitrogen functional groups attached to an aromatic ring is 1. The average molecular weight is 236 g/mol. The lowest BCUT2D eigenvalue weighted by atomic mass is 10.2. The smallest absolute Gasteiger partial charge is 0.181 e. The Labute approximate surface area is 97.0 Å². The Balaban J connectivity index is 2.13. The van der Waals surface area contributed by atoms with Crippen LogP contribution in [0, 0.1) is 0 Å². The van der Waals surface area contributed by atoms with Crippen LogP contribution in [0.3, 0.4) is 0 Å². The van der Waals surface area contributed by atoms with E-state index < -0.39 is 0 Å². The Morgan fingerprint density at radius 2 is 2.44 bits per heavy atom. The van der Waals surface area contributed by atoms with Crippen molar-refractivity contribution in [2.24, 2.45) is 0 Å². The van der Waals surface area contributed by atoms with Crippen molar-refractivity contribution in [2.45, 2.75) is 19.4 Å². The fraction of sp³-hybridized carbons (Fsp3) is 0.364. The number of anilines is 1. The first kappa shape index (κ1) is 9.72. The monoisotopic (exact) mass is 236 g/mol. The van der Waals surface area contributed by atoms with Crippen LogP contribution in [-0.4, -0.2) is 17.7 Å². The maximum absolute atomic E-state index is 5.81. The van der Waals surface area contributed by atoms with Crippen LogP contribution in [0.4, 0.5) is 5.13 Å². The summed E-state index contributed by atoms with van der Waals surface area (Å²) in [6, 6.07) is 3.82. The molecule has 0 unspecified atom stereocenters. The average Bonchev–Trinajstić information content (AvgIpc) is 2.69. The topological polar surface area (TPSA) is 57.4 Å². The Morgan fingerprint density at radius 3 is 3.25 bits per heavy atom. The van der Waals surface area contributed by atoms with E-state index in [1.54, 1.807) is 0 Å². The normalized spacial score (nSPS) is 18.9. The molecule has 4 nitrogen and oxygen atoms in total. The lowest BCUT2D eigenvalue weighted by Gasteiger charge is -2.25.